The van der Waals surface area contributed by atoms with Gasteiger partial charge < -0.3 is 14.0 Å². The lowest BCUT2D eigenvalue weighted by molar-refractivity contribution is -0.0133. The largest absolute Gasteiger partial charge is 0.381 e. The molecule has 1 unspecified atom stereocenters. The second-order valence-electron chi connectivity index (χ2n) is 7.66. The summed E-state index contributed by atoms with van der Waals surface area (Å²) in [5, 5.41) is 4.06. The van der Waals surface area contributed by atoms with Crippen LogP contribution in [0.15, 0.2) is 4.52 Å². The van der Waals surface area contributed by atoms with Crippen LogP contribution in [0.3, 0.4) is 0 Å². The van der Waals surface area contributed by atoms with Crippen LogP contribution < -0.4 is 0 Å². The fourth-order valence-corrected chi connectivity index (χ4v) is 5.75. The summed E-state index contributed by atoms with van der Waals surface area (Å²) in [5.41, 5.74) is 2.30. The minimum absolute atomic E-state index is 0.430. The molecule has 0 bridgehead atoms. The van der Waals surface area contributed by atoms with Crippen molar-refractivity contribution >= 4 is 11.8 Å². The molecule has 3 aliphatic heterocycles. The quantitative estimate of drug-likeness (QED) is 0.812. The number of nitrogens with zero attached hydrogens (tertiary/aromatic N) is 2. The fourth-order valence-electron chi connectivity index (χ4n) is 4.15. The molecule has 0 aliphatic carbocycles. The van der Waals surface area contributed by atoms with Gasteiger partial charge >= 0.3 is 0 Å². The number of ether oxygens (including phenoxy) is 2. The van der Waals surface area contributed by atoms with Crippen LogP contribution in [0.2, 0.25) is 0 Å². The van der Waals surface area contributed by atoms with Gasteiger partial charge in [-0.15, -0.1) is 11.8 Å². The van der Waals surface area contributed by atoms with E-state index in [-0.39, 0.29) is 0 Å². The first-order valence-corrected chi connectivity index (χ1v) is 10.1. The predicted octanol–water partition coefficient (Wildman–Crippen LogP) is 2.79. The van der Waals surface area contributed by atoms with Crippen molar-refractivity contribution in [1.29, 1.82) is 0 Å². The van der Waals surface area contributed by atoms with E-state index < -0.39 is 0 Å². The summed E-state index contributed by atoms with van der Waals surface area (Å²) in [4.78, 5) is 2.51. The van der Waals surface area contributed by atoms with E-state index in [1.807, 2.05) is 13.8 Å². The molecule has 1 aromatic heterocycles. The lowest BCUT2D eigenvalue weighted by Crippen LogP contribution is -2.58. The fraction of sp³-hybridized carbons (Fsp3) is 0.833. The van der Waals surface area contributed by atoms with Gasteiger partial charge in [-0.2, -0.15) is 0 Å². The van der Waals surface area contributed by atoms with E-state index >= 15 is 0 Å². The maximum absolute atomic E-state index is 6.23. The zero-order valence-electron chi connectivity index (χ0n) is 14.8. The third-order valence-electron chi connectivity index (χ3n) is 5.67. The monoisotopic (exact) mass is 352 g/mol. The van der Waals surface area contributed by atoms with Gasteiger partial charge in [-0.1, -0.05) is 5.16 Å². The van der Waals surface area contributed by atoms with E-state index in [2.05, 4.69) is 21.8 Å². The first-order chi connectivity index (χ1) is 11.6. The second kappa shape index (κ2) is 6.98. The highest BCUT2D eigenvalue weighted by Gasteiger charge is 2.49. The Morgan fingerprint density at radius 2 is 2.08 bits per heavy atom. The van der Waals surface area contributed by atoms with Gasteiger partial charge in [0.15, 0.2) is 0 Å². The van der Waals surface area contributed by atoms with E-state index in [1.165, 1.54) is 25.1 Å². The Morgan fingerprint density at radius 3 is 2.79 bits per heavy atom. The van der Waals surface area contributed by atoms with Crippen molar-refractivity contribution in [2.75, 3.05) is 38.7 Å². The maximum atomic E-state index is 6.23. The van der Waals surface area contributed by atoms with Crippen LogP contribution in [0.1, 0.15) is 36.3 Å². The molecule has 1 aromatic rings. The van der Waals surface area contributed by atoms with Crippen molar-refractivity contribution in [3.05, 3.63) is 17.0 Å². The number of likely N-dealkylation sites (tertiary alicyclic amines) is 1. The van der Waals surface area contributed by atoms with Gasteiger partial charge in [0.05, 0.1) is 11.8 Å². The average Bonchev–Trinajstić information content (AvgIpc) is 3.12. The Labute approximate surface area is 148 Å². The number of hydrogen-bond donors (Lipinski definition) is 0. The van der Waals surface area contributed by atoms with Crippen LogP contribution in [-0.4, -0.2) is 59.6 Å². The van der Waals surface area contributed by atoms with E-state index in [9.17, 15) is 0 Å². The molecule has 0 radical (unpaired) electrons. The van der Waals surface area contributed by atoms with E-state index in [4.69, 9.17) is 14.0 Å². The highest BCUT2D eigenvalue weighted by atomic mass is 32.2. The Hall–Kier alpha value is -0.560. The number of thioether (sulfide) groups is 1. The Kier molecular flexibility index (Phi) is 4.91. The molecule has 134 valence electrons. The topological polar surface area (TPSA) is 47.7 Å². The van der Waals surface area contributed by atoms with Crippen molar-refractivity contribution in [3.63, 3.8) is 0 Å². The molecule has 0 N–H and O–H groups in total. The van der Waals surface area contributed by atoms with Crippen molar-refractivity contribution in [3.8, 4) is 0 Å². The molecule has 3 fully saturated rings. The second-order valence-corrected chi connectivity index (χ2v) is 9.15. The molecule has 1 atom stereocenters. The standard InChI is InChI=1S/C18H28N2O3S/c1-13-17(14(2)23-19-13)8-20-11-18(12-20)7-16(10-24-18)22-9-15-3-5-21-6-4-15/h15-16H,3-12H2,1-2H3. The van der Waals surface area contributed by atoms with Crippen molar-refractivity contribution in [2.24, 2.45) is 5.92 Å². The van der Waals surface area contributed by atoms with Crippen molar-refractivity contribution in [1.82, 2.24) is 10.1 Å². The van der Waals surface area contributed by atoms with Gasteiger partial charge in [0.2, 0.25) is 0 Å². The molecular weight excluding hydrogens is 324 g/mol. The zero-order valence-corrected chi connectivity index (χ0v) is 15.6. The molecule has 1 spiro atoms. The number of hydrogen-bond acceptors (Lipinski definition) is 6. The molecule has 3 aliphatic rings. The van der Waals surface area contributed by atoms with Crippen LogP contribution in [0, 0.1) is 19.8 Å². The van der Waals surface area contributed by atoms with Crippen LogP contribution >= 0.6 is 11.8 Å². The Bertz CT molecular complexity index is 545. The summed E-state index contributed by atoms with van der Waals surface area (Å²) in [6.45, 7) is 10.1. The van der Waals surface area contributed by atoms with Gasteiger partial charge in [0.1, 0.15) is 5.76 Å². The van der Waals surface area contributed by atoms with Crippen molar-refractivity contribution in [2.45, 2.75) is 50.5 Å². The van der Waals surface area contributed by atoms with Crippen molar-refractivity contribution < 1.29 is 14.0 Å². The molecule has 0 amide bonds. The lowest BCUT2D eigenvalue weighted by atomic mass is 9.92. The molecule has 4 heterocycles. The zero-order chi connectivity index (χ0) is 16.6. The number of aryl methyl sites for hydroxylation is 2. The Morgan fingerprint density at radius 1 is 1.29 bits per heavy atom. The first kappa shape index (κ1) is 16.9. The molecule has 5 nitrogen and oxygen atoms in total. The SMILES string of the molecule is Cc1noc(C)c1CN1CC2(CC(OCC3CCOCC3)CS2)C1. The lowest BCUT2D eigenvalue weighted by Gasteiger charge is -2.47. The molecule has 4 rings (SSSR count). The first-order valence-electron chi connectivity index (χ1n) is 9.11. The van der Waals surface area contributed by atoms with Gasteiger partial charge in [0.25, 0.3) is 0 Å². The van der Waals surface area contributed by atoms with E-state index in [0.29, 0.717) is 16.8 Å². The molecule has 0 saturated carbocycles. The number of aromatic nitrogens is 1. The summed E-state index contributed by atoms with van der Waals surface area (Å²) in [6, 6.07) is 0. The number of rotatable bonds is 5. The average molecular weight is 353 g/mol. The Balaban J connectivity index is 1.21. The third kappa shape index (κ3) is 3.52. The van der Waals surface area contributed by atoms with E-state index in [1.54, 1.807) is 0 Å². The summed E-state index contributed by atoms with van der Waals surface area (Å²) in [7, 11) is 0. The molecule has 24 heavy (non-hydrogen) atoms. The molecule has 3 saturated heterocycles. The van der Waals surface area contributed by atoms with Gasteiger partial charge in [-0.25, -0.2) is 0 Å². The summed E-state index contributed by atoms with van der Waals surface area (Å²) >= 11 is 2.12. The third-order valence-corrected chi connectivity index (χ3v) is 7.25. The smallest absolute Gasteiger partial charge is 0.138 e. The highest BCUT2D eigenvalue weighted by molar-refractivity contribution is 8.01. The van der Waals surface area contributed by atoms with Gasteiger partial charge in [0, 0.05) is 55.5 Å². The summed E-state index contributed by atoms with van der Waals surface area (Å²) in [6.07, 6.45) is 3.98. The maximum Gasteiger partial charge on any atom is 0.138 e. The minimum atomic E-state index is 0.430. The highest BCUT2D eigenvalue weighted by Crippen LogP contribution is 2.46. The van der Waals surface area contributed by atoms with Crippen LogP contribution in [0.5, 0.6) is 0 Å². The molecular formula is C18H28N2O3S. The predicted molar refractivity (Wildman–Crippen MR) is 94.3 cm³/mol. The normalized spacial score (nSPS) is 27.7. The van der Waals surface area contributed by atoms with Crippen LogP contribution in [0.25, 0.3) is 0 Å². The van der Waals surface area contributed by atoms with Gasteiger partial charge in [-0.3, -0.25) is 4.90 Å². The summed E-state index contributed by atoms with van der Waals surface area (Å²) < 4.78 is 17.4. The van der Waals surface area contributed by atoms with Crippen LogP contribution in [0.4, 0.5) is 0 Å². The molecule has 6 heteroatoms. The minimum Gasteiger partial charge on any atom is -0.381 e. The summed E-state index contributed by atoms with van der Waals surface area (Å²) in [5.74, 6) is 2.82. The van der Waals surface area contributed by atoms with Gasteiger partial charge in [-0.05, 0) is 39.0 Å². The molecule has 0 aromatic carbocycles. The van der Waals surface area contributed by atoms with E-state index in [0.717, 1.165) is 56.4 Å². The van der Waals surface area contributed by atoms with Crippen LogP contribution in [-0.2, 0) is 16.0 Å².